The first kappa shape index (κ1) is 18.6. The summed E-state index contributed by atoms with van der Waals surface area (Å²) in [6, 6.07) is 13.3. The molecule has 1 heterocycles. The van der Waals surface area contributed by atoms with Gasteiger partial charge in [0.25, 0.3) is 0 Å². The van der Waals surface area contributed by atoms with Gasteiger partial charge in [0.15, 0.2) is 0 Å². The average molecular weight is 403 g/mol. The van der Waals surface area contributed by atoms with Gasteiger partial charge in [0.2, 0.25) is 0 Å². The molecule has 4 heteroatoms. The molecule has 0 aliphatic heterocycles. The molecule has 0 radical (unpaired) electrons. The van der Waals surface area contributed by atoms with Gasteiger partial charge in [-0.1, -0.05) is 0 Å². The summed E-state index contributed by atoms with van der Waals surface area (Å²) in [7, 11) is 0. The van der Waals surface area contributed by atoms with Gasteiger partial charge in [-0.25, -0.2) is 0 Å². The van der Waals surface area contributed by atoms with E-state index >= 15 is 0 Å². The van der Waals surface area contributed by atoms with Crippen LogP contribution in [0.2, 0.25) is 4.63 Å². The second-order valence-electron chi connectivity index (χ2n) is 5.75. The fourth-order valence-electron chi connectivity index (χ4n) is 3.15. The molecule has 1 aliphatic rings. The Hall–Kier alpha value is -0.427. The number of hydrogen-bond acceptors (Lipinski definition) is 0. The quantitative estimate of drug-likeness (QED) is 0.752. The number of fused-ring (bicyclic) bond motifs is 1. The molecule has 0 amide bonds. The van der Waals surface area contributed by atoms with Crippen molar-refractivity contribution in [1.29, 1.82) is 0 Å². The first-order chi connectivity index (χ1) is 9.14. The first-order valence-electron chi connectivity index (χ1n) is 6.85. The first-order valence-corrected chi connectivity index (χ1v) is 13.2. The summed E-state index contributed by atoms with van der Waals surface area (Å²) in [5, 5.41) is 0. The van der Waals surface area contributed by atoms with E-state index in [1.807, 2.05) is 0 Å². The third-order valence-electron chi connectivity index (χ3n) is 4.62. The number of H-pyrrole nitrogens is 1. The zero-order chi connectivity index (χ0) is 13.5. The van der Waals surface area contributed by atoms with Crippen molar-refractivity contribution in [2.24, 2.45) is 0 Å². The second kappa shape index (κ2) is 7.22. The number of benzene rings is 1. The maximum atomic E-state index is 3.51. The summed E-state index contributed by atoms with van der Waals surface area (Å²) in [6.07, 6.45) is 6.81. The van der Waals surface area contributed by atoms with E-state index in [1.165, 1.54) is 14.5 Å². The van der Waals surface area contributed by atoms with Crippen molar-refractivity contribution < 1.29 is 19.8 Å². The van der Waals surface area contributed by atoms with Crippen LogP contribution in [0, 0.1) is 0 Å². The number of aromatic nitrogens is 1. The van der Waals surface area contributed by atoms with Crippen LogP contribution < -0.4 is 3.40 Å². The SMILES string of the molecule is C[C](C)=[Zr]([CH3])([c]1ccc[nH]1)[CH]1C=Cc2ccccc21.Cl.Cl. The van der Waals surface area contributed by atoms with E-state index < -0.39 is 19.8 Å². The van der Waals surface area contributed by atoms with Crippen LogP contribution in [-0.4, -0.2) is 8.19 Å². The largest absolute Gasteiger partial charge is 0.147 e. The Morgan fingerprint density at radius 1 is 1.05 bits per heavy atom. The molecular weight excluding hydrogens is 380 g/mol. The fraction of sp³-hybridized carbons (Fsp3) is 0.235. The topological polar surface area (TPSA) is 15.8 Å². The second-order valence-corrected chi connectivity index (χ2v) is 17.0. The van der Waals surface area contributed by atoms with E-state index in [9.17, 15) is 0 Å². The van der Waals surface area contributed by atoms with Gasteiger partial charge in [0, 0.05) is 0 Å². The Kier molecular flexibility index (Phi) is 6.41. The molecule has 3 rings (SSSR count). The zero-order valence-corrected chi connectivity index (χ0v) is 16.7. The maximum Gasteiger partial charge on any atom is -0.147 e. The molecule has 0 spiro atoms. The van der Waals surface area contributed by atoms with Crippen LogP contribution in [0.15, 0.2) is 48.7 Å². The van der Waals surface area contributed by atoms with Crippen molar-refractivity contribution in [1.82, 2.24) is 4.98 Å². The minimum absolute atomic E-state index is 0. The van der Waals surface area contributed by atoms with E-state index in [1.54, 1.807) is 3.21 Å². The molecule has 2 atom stereocenters. The van der Waals surface area contributed by atoms with Crippen LogP contribution in [0.25, 0.3) is 6.08 Å². The Labute approximate surface area is 143 Å². The summed E-state index contributed by atoms with van der Waals surface area (Å²) in [5.41, 5.74) is 2.93. The van der Waals surface area contributed by atoms with Crippen LogP contribution >= 0.6 is 24.8 Å². The van der Waals surface area contributed by atoms with E-state index in [0.717, 1.165) is 0 Å². The molecular formula is C17H22Cl2NZr. The van der Waals surface area contributed by atoms with Gasteiger partial charge in [-0.2, -0.15) is 0 Å². The van der Waals surface area contributed by atoms with Crippen LogP contribution in [0.4, 0.5) is 0 Å². The van der Waals surface area contributed by atoms with E-state index in [2.05, 4.69) is 78.2 Å². The number of aromatic amines is 1. The van der Waals surface area contributed by atoms with E-state index in [4.69, 9.17) is 0 Å². The Balaban J connectivity index is 0.00000110. The van der Waals surface area contributed by atoms with Crippen molar-refractivity contribution >= 4 is 37.5 Å². The molecule has 1 nitrogen and oxygen atoms in total. The average Bonchev–Trinajstić information content (AvgIpc) is 3.07. The molecule has 0 saturated heterocycles. The third-order valence-corrected chi connectivity index (χ3v) is 17.5. The van der Waals surface area contributed by atoms with Crippen molar-refractivity contribution in [2.75, 3.05) is 0 Å². The normalized spacial score (nSPS) is 18.1. The van der Waals surface area contributed by atoms with Gasteiger partial charge in [0.1, 0.15) is 0 Å². The Morgan fingerprint density at radius 3 is 2.38 bits per heavy atom. The number of halogens is 2. The van der Waals surface area contributed by atoms with Crippen LogP contribution in [-0.2, 0) is 19.8 Å². The molecule has 0 saturated carbocycles. The van der Waals surface area contributed by atoms with Crippen LogP contribution in [0.1, 0.15) is 28.6 Å². The van der Waals surface area contributed by atoms with Crippen LogP contribution in [0.5, 0.6) is 0 Å². The van der Waals surface area contributed by atoms with Crippen molar-refractivity contribution in [2.45, 2.75) is 22.1 Å². The summed E-state index contributed by atoms with van der Waals surface area (Å²) in [4.78, 5) is 3.51. The molecule has 113 valence electrons. The monoisotopic (exact) mass is 400 g/mol. The summed E-state index contributed by atoms with van der Waals surface area (Å²) >= 11 is -2.57. The fourth-order valence-corrected chi connectivity index (χ4v) is 12.2. The molecule has 0 fully saturated rings. The number of hydrogen-bond donors (Lipinski definition) is 1. The minimum Gasteiger partial charge on any atom is -0.147 e. The van der Waals surface area contributed by atoms with Crippen LogP contribution in [0.3, 0.4) is 0 Å². The molecule has 1 aliphatic carbocycles. The van der Waals surface area contributed by atoms with Gasteiger partial charge >= 0.3 is 119 Å². The number of nitrogens with one attached hydrogen (secondary N) is 1. The van der Waals surface area contributed by atoms with Gasteiger partial charge in [-0.15, -0.1) is 24.8 Å². The Morgan fingerprint density at radius 2 is 1.76 bits per heavy atom. The molecule has 1 aromatic heterocycles. The van der Waals surface area contributed by atoms with E-state index in [-0.39, 0.29) is 24.8 Å². The Bertz CT molecular complexity index is 683. The van der Waals surface area contributed by atoms with Gasteiger partial charge in [0.05, 0.1) is 0 Å². The zero-order valence-electron chi connectivity index (χ0n) is 12.6. The smallest absolute Gasteiger partial charge is 0.147 e. The van der Waals surface area contributed by atoms with Crippen molar-refractivity contribution in [3.05, 3.63) is 59.8 Å². The standard InChI is InChI=1S/C9H7.C4H4N.C3H6.CH3.2ClH.Zr/c1-2-5-9-7-3-6-8(9)4-1;1-2-4-5-3-1;1-3-2;;;;/h1-7H;1-3,5H;1-2H3;1H3;2*1H;. The summed E-state index contributed by atoms with van der Waals surface area (Å²) in [5.74, 6) is 0. The number of allylic oxidation sites excluding steroid dienone is 1. The predicted molar refractivity (Wildman–Crippen MR) is 95.4 cm³/mol. The van der Waals surface area contributed by atoms with Crippen molar-refractivity contribution in [3.63, 3.8) is 0 Å². The number of rotatable bonds is 2. The third kappa shape index (κ3) is 3.04. The predicted octanol–water partition coefficient (Wildman–Crippen LogP) is 4.67. The molecule has 1 N–H and O–H groups in total. The minimum atomic E-state index is -2.57. The molecule has 1 aromatic carbocycles. The van der Waals surface area contributed by atoms with Gasteiger partial charge < -0.3 is 0 Å². The van der Waals surface area contributed by atoms with Gasteiger partial charge in [-0.05, 0) is 0 Å². The summed E-state index contributed by atoms with van der Waals surface area (Å²) in [6.45, 7) is 4.65. The summed E-state index contributed by atoms with van der Waals surface area (Å²) < 4.78 is 6.31. The maximum absolute atomic E-state index is 3.51. The molecule has 2 aromatic rings. The van der Waals surface area contributed by atoms with Gasteiger partial charge in [-0.3, -0.25) is 0 Å². The molecule has 2 unspecified atom stereocenters. The van der Waals surface area contributed by atoms with E-state index in [0.29, 0.717) is 3.63 Å². The molecule has 0 bridgehead atoms. The van der Waals surface area contributed by atoms with Crippen molar-refractivity contribution in [3.8, 4) is 0 Å². The molecule has 21 heavy (non-hydrogen) atoms.